The Balaban J connectivity index is 2.48. The number of hydrogen-bond donors (Lipinski definition) is 1. The van der Waals surface area contributed by atoms with Gasteiger partial charge in [0, 0.05) is 15.1 Å². The minimum atomic E-state index is -0.914. The fourth-order valence-corrected chi connectivity index (χ4v) is 3.02. The topological polar surface area (TPSA) is 52.3 Å². The highest BCUT2D eigenvalue weighted by molar-refractivity contribution is 9.10. The van der Waals surface area contributed by atoms with Gasteiger partial charge in [-0.3, -0.25) is 4.79 Å². The summed E-state index contributed by atoms with van der Waals surface area (Å²) in [5, 5.41) is 0. The van der Waals surface area contributed by atoms with Crippen molar-refractivity contribution in [3.8, 4) is 0 Å². The van der Waals surface area contributed by atoms with Crippen LogP contribution in [0.2, 0.25) is 0 Å². The third-order valence-corrected chi connectivity index (χ3v) is 4.40. The summed E-state index contributed by atoms with van der Waals surface area (Å²) in [5.41, 5.74) is 4.96. The van der Waals surface area contributed by atoms with Gasteiger partial charge in [0.25, 0.3) is 0 Å². The molecule has 0 saturated carbocycles. The summed E-state index contributed by atoms with van der Waals surface area (Å²) < 4.78 is 5.72. The van der Waals surface area contributed by atoms with E-state index in [2.05, 4.69) is 20.7 Å². The maximum Gasteiger partial charge on any atom is 0.325 e. The van der Waals surface area contributed by atoms with Crippen LogP contribution in [-0.2, 0) is 9.53 Å². The lowest BCUT2D eigenvalue weighted by atomic mass is 10.0. The molecule has 0 aliphatic heterocycles. The highest BCUT2D eigenvalue weighted by atomic mass is 79.9. The van der Waals surface area contributed by atoms with Crippen molar-refractivity contribution < 1.29 is 9.53 Å². The Morgan fingerprint density at radius 1 is 1.53 bits per heavy atom. The van der Waals surface area contributed by atoms with E-state index in [1.165, 1.54) is 7.11 Å². The van der Waals surface area contributed by atoms with Crippen molar-refractivity contribution in [2.24, 2.45) is 5.73 Å². The molecule has 0 bridgehead atoms. The van der Waals surface area contributed by atoms with Crippen LogP contribution in [0.4, 0.5) is 0 Å². The number of benzene rings is 1. The molecule has 0 fully saturated rings. The van der Waals surface area contributed by atoms with Crippen LogP contribution in [0.15, 0.2) is 33.6 Å². The molecule has 17 heavy (non-hydrogen) atoms. The van der Waals surface area contributed by atoms with Crippen molar-refractivity contribution in [3.63, 3.8) is 0 Å². The Hall–Kier alpha value is -0.520. The number of ether oxygens (including phenoxy) is 1. The molecule has 3 nitrogen and oxygen atoms in total. The van der Waals surface area contributed by atoms with E-state index in [1.807, 2.05) is 24.3 Å². The fourth-order valence-electron chi connectivity index (χ4n) is 1.27. The number of thioether (sulfide) groups is 1. The van der Waals surface area contributed by atoms with Crippen molar-refractivity contribution in [1.82, 2.24) is 0 Å². The van der Waals surface area contributed by atoms with Gasteiger partial charge in [-0.25, -0.2) is 0 Å². The predicted molar refractivity (Wildman–Crippen MR) is 74.1 cm³/mol. The Labute approximate surface area is 114 Å². The van der Waals surface area contributed by atoms with Crippen LogP contribution in [-0.4, -0.2) is 24.4 Å². The van der Waals surface area contributed by atoms with Crippen LogP contribution in [0.3, 0.4) is 0 Å². The van der Waals surface area contributed by atoms with E-state index in [0.717, 1.165) is 15.1 Å². The SMILES string of the molecule is COC(=O)C(C)(N)CCSc1ccccc1Br. The van der Waals surface area contributed by atoms with E-state index in [-0.39, 0.29) is 5.97 Å². The van der Waals surface area contributed by atoms with Crippen LogP contribution in [0.1, 0.15) is 13.3 Å². The zero-order valence-corrected chi connectivity index (χ0v) is 12.3. The van der Waals surface area contributed by atoms with Gasteiger partial charge in [-0.2, -0.15) is 0 Å². The number of carbonyl (C=O) groups is 1. The standard InChI is InChI=1S/C12H16BrNO2S/c1-12(14,11(15)16-2)7-8-17-10-6-4-3-5-9(10)13/h3-6H,7-8,14H2,1-2H3. The molecular weight excluding hydrogens is 302 g/mol. The quantitative estimate of drug-likeness (QED) is 0.670. The van der Waals surface area contributed by atoms with Crippen molar-refractivity contribution in [3.05, 3.63) is 28.7 Å². The van der Waals surface area contributed by atoms with Gasteiger partial charge in [-0.1, -0.05) is 12.1 Å². The van der Waals surface area contributed by atoms with Gasteiger partial charge in [0.05, 0.1) is 7.11 Å². The largest absolute Gasteiger partial charge is 0.468 e. The zero-order chi connectivity index (χ0) is 12.9. The lowest BCUT2D eigenvalue weighted by Gasteiger charge is -2.20. The molecule has 0 aromatic heterocycles. The maximum atomic E-state index is 11.4. The van der Waals surface area contributed by atoms with Gasteiger partial charge in [0.2, 0.25) is 0 Å². The van der Waals surface area contributed by atoms with Crippen LogP contribution in [0.5, 0.6) is 0 Å². The molecule has 2 N–H and O–H groups in total. The van der Waals surface area contributed by atoms with E-state index in [4.69, 9.17) is 5.73 Å². The lowest BCUT2D eigenvalue weighted by molar-refractivity contribution is -0.146. The summed E-state index contributed by atoms with van der Waals surface area (Å²) >= 11 is 5.14. The summed E-state index contributed by atoms with van der Waals surface area (Å²) in [7, 11) is 1.36. The highest BCUT2D eigenvalue weighted by Gasteiger charge is 2.28. The van der Waals surface area contributed by atoms with Crippen LogP contribution in [0.25, 0.3) is 0 Å². The molecular formula is C12H16BrNO2S. The van der Waals surface area contributed by atoms with Crippen LogP contribution < -0.4 is 5.73 Å². The predicted octanol–water partition coefficient (Wildman–Crippen LogP) is 2.82. The first-order valence-electron chi connectivity index (χ1n) is 5.22. The molecule has 1 rings (SSSR count). The minimum absolute atomic E-state index is 0.370. The Morgan fingerprint density at radius 2 is 2.18 bits per heavy atom. The number of rotatable bonds is 5. The molecule has 94 valence electrons. The summed E-state index contributed by atoms with van der Waals surface area (Å²) in [6.07, 6.45) is 0.575. The summed E-state index contributed by atoms with van der Waals surface area (Å²) in [6, 6.07) is 7.97. The summed E-state index contributed by atoms with van der Waals surface area (Å²) in [6.45, 7) is 1.69. The van der Waals surface area contributed by atoms with Gasteiger partial charge >= 0.3 is 5.97 Å². The normalized spacial score (nSPS) is 14.1. The molecule has 0 heterocycles. The fraction of sp³-hybridized carbons (Fsp3) is 0.417. The molecule has 1 aromatic carbocycles. The molecule has 1 unspecified atom stereocenters. The number of nitrogens with two attached hydrogens (primary N) is 1. The second-order valence-corrected chi connectivity index (χ2v) is 5.93. The number of carbonyl (C=O) groups excluding carboxylic acids is 1. The monoisotopic (exact) mass is 317 g/mol. The first-order chi connectivity index (χ1) is 7.97. The number of hydrogen-bond acceptors (Lipinski definition) is 4. The van der Waals surface area contributed by atoms with Gasteiger partial charge < -0.3 is 10.5 Å². The Morgan fingerprint density at radius 3 is 2.76 bits per heavy atom. The molecule has 0 radical (unpaired) electrons. The zero-order valence-electron chi connectivity index (χ0n) is 9.90. The number of esters is 1. The summed E-state index contributed by atoms with van der Waals surface area (Å²) in [5.74, 6) is 0.398. The van der Waals surface area contributed by atoms with E-state index < -0.39 is 5.54 Å². The Bertz CT molecular complexity index is 396. The van der Waals surface area contributed by atoms with E-state index in [9.17, 15) is 4.79 Å². The average molecular weight is 318 g/mol. The minimum Gasteiger partial charge on any atom is -0.468 e. The summed E-state index contributed by atoms with van der Waals surface area (Å²) in [4.78, 5) is 12.5. The first kappa shape index (κ1) is 14.5. The van der Waals surface area contributed by atoms with Gasteiger partial charge in [0.15, 0.2) is 0 Å². The van der Waals surface area contributed by atoms with Gasteiger partial charge in [0.1, 0.15) is 5.54 Å². The van der Waals surface area contributed by atoms with Crippen molar-refractivity contribution in [2.45, 2.75) is 23.8 Å². The van der Waals surface area contributed by atoms with E-state index >= 15 is 0 Å². The molecule has 0 aliphatic carbocycles. The Kier molecular flexibility index (Phi) is 5.49. The smallest absolute Gasteiger partial charge is 0.325 e. The van der Waals surface area contributed by atoms with Gasteiger partial charge in [-0.15, -0.1) is 11.8 Å². The maximum absolute atomic E-state index is 11.4. The molecule has 0 spiro atoms. The molecule has 5 heteroatoms. The van der Waals surface area contributed by atoms with Crippen molar-refractivity contribution in [2.75, 3.05) is 12.9 Å². The number of halogens is 1. The van der Waals surface area contributed by atoms with Crippen molar-refractivity contribution in [1.29, 1.82) is 0 Å². The number of methoxy groups -OCH3 is 1. The van der Waals surface area contributed by atoms with E-state index in [1.54, 1.807) is 18.7 Å². The lowest BCUT2D eigenvalue weighted by Crippen LogP contribution is -2.46. The first-order valence-corrected chi connectivity index (χ1v) is 7.00. The molecule has 0 saturated heterocycles. The van der Waals surface area contributed by atoms with Gasteiger partial charge in [-0.05, 0) is 41.4 Å². The van der Waals surface area contributed by atoms with Crippen LogP contribution >= 0.6 is 27.7 Å². The molecule has 0 amide bonds. The highest BCUT2D eigenvalue weighted by Crippen LogP contribution is 2.28. The second-order valence-electron chi connectivity index (χ2n) is 3.94. The second kappa shape index (κ2) is 6.42. The van der Waals surface area contributed by atoms with Crippen LogP contribution in [0, 0.1) is 0 Å². The van der Waals surface area contributed by atoms with Crippen molar-refractivity contribution >= 4 is 33.7 Å². The molecule has 1 atom stereocenters. The molecule has 1 aromatic rings. The molecule has 0 aliphatic rings. The van der Waals surface area contributed by atoms with E-state index in [0.29, 0.717) is 6.42 Å². The average Bonchev–Trinajstić information content (AvgIpc) is 2.30. The third kappa shape index (κ3) is 4.33. The third-order valence-electron chi connectivity index (χ3n) is 2.37.